The maximum Gasteiger partial charge on any atom is 0.424 e. The Labute approximate surface area is 109 Å². The van der Waals surface area contributed by atoms with E-state index in [1.165, 1.54) is 0 Å². The zero-order chi connectivity index (χ0) is 14.5. The number of allylic oxidation sites excluding steroid dienone is 1. The number of hydrogen-bond acceptors (Lipinski definition) is 2. The normalized spacial score (nSPS) is 15.9. The molecule has 1 unspecified atom stereocenters. The van der Waals surface area contributed by atoms with E-state index in [1.54, 1.807) is 43.3 Å². The smallest absolute Gasteiger partial charge is 0.374 e. The molecule has 0 bridgehead atoms. The van der Waals surface area contributed by atoms with E-state index in [1.807, 2.05) is 0 Å². The first kappa shape index (κ1) is 15.4. The van der Waals surface area contributed by atoms with Crippen LogP contribution in [0.4, 0.5) is 13.2 Å². The first-order valence-corrected chi connectivity index (χ1v) is 5.84. The second-order valence-corrected chi connectivity index (χ2v) is 4.22. The van der Waals surface area contributed by atoms with Crippen LogP contribution in [0.3, 0.4) is 0 Å². The number of alkyl halides is 3. The van der Waals surface area contributed by atoms with Gasteiger partial charge in [-0.15, -0.1) is 0 Å². The SMILES string of the molecule is CC/C=C(/CC(O)(C=O)C(F)(F)F)c1ccccc1. The number of benzene rings is 1. The molecule has 0 aliphatic heterocycles. The Balaban J connectivity index is 3.11. The molecule has 0 aliphatic carbocycles. The highest BCUT2D eigenvalue weighted by Gasteiger charge is 2.54. The first-order chi connectivity index (χ1) is 8.84. The van der Waals surface area contributed by atoms with Crippen molar-refractivity contribution in [3.05, 3.63) is 42.0 Å². The summed E-state index contributed by atoms with van der Waals surface area (Å²) in [5.41, 5.74) is -2.48. The van der Waals surface area contributed by atoms with Gasteiger partial charge in [0.2, 0.25) is 5.60 Å². The Bertz CT molecular complexity index is 452. The standard InChI is InChI=1S/C14H15F3O2/c1-2-6-12(11-7-4-3-5-8-11)9-13(19,10-18)14(15,16)17/h3-8,10,19H,2,9H2,1H3/b12-6-. The van der Waals surface area contributed by atoms with E-state index in [9.17, 15) is 23.1 Å². The average Bonchev–Trinajstić information content (AvgIpc) is 2.37. The molecule has 19 heavy (non-hydrogen) atoms. The van der Waals surface area contributed by atoms with Gasteiger partial charge in [0.15, 0.2) is 6.29 Å². The lowest BCUT2D eigenvalue weighted by atomic mass is 9.90. The molecule has 5 heteroatoms. The Morgan fingerprint density at radius 1 is 1.26 bits per heavy atom. The van der Waals surface area contributed by atoms with Crippen molar-refractivity contribution in [3.8, 4) is 0 Å². The molecule has 0 aliphatic rings. The largest absolute Gasteiger partial charge is 0.424 e. The van der Waals surface area contributed by atoms with Crippen LogP contribution in [0.15, 0.2) is 36.4 Å². The predicted molar refractivity (Wildman–Crippen MR) is 66.4 cm³/mol. The van der Waals surface area contributed by atoms with Crippen LogP contribution in [0.2, 0.25) is 0 Å². The lowest BCUT2D eigenvalue weighted by Crippen LogP contribution is -2.46. The highest BCUT2D eigenvalue weighted by atomic mass is 19.4. The summed E-state index contributed by atoms with van der Waals surface area (Å²) >= 11 is 0. The van der Waals surface area contributed by atoms with Crippen LogP contribution in [0.5, 0.6) is 0 Å². The number of carbonyl (C=O) groups is 1. The molecule has 1 N–H and O–H groups in total. The molecular formula is C14H15F3O2. The first-order valence-electron chi connectivity index (χ1n) is 5.84. The van der Waals surface area contributed by atoms with E-state index in [0.29, 0.717) is 17.6 Å². The van der Waals surface area contributed by atoms with E-state index >= 15 is 0 Å². The number of aliphatic hydroxyl groups is 1. The van der Waals surface area contributed by atoms with Gasteiger partial charge in [-0.3, -0.25) is 4.79 Å². The average molecular weight is 272 g/mol. The van der Waals surface area contributed by atoms with Gasteiger partial charge in [-0.2, -0.15) is 13.2 Å². The van der Waals surface area contributed by atoms with Crippen LogP contribution in [-0.4, -0.2) is 23.2 Å². The summed E-state index contributed by atoms with van der Waals surface area (Å²) in [7, 11) is 0. The fraction of sp³-hybridized carbons (Fsp3) is 0.357. The van der Waals surface area contributed by atoms with Crippen molar-refractivity contribution in [1.82, 2.24) is 0 Å². The topological polar surface area (TPSA) is 37.3 Å². The molecule has 0 radical (unpaired) electrons. The molecular weight excluding hydrogens is 257 g/mol. The van der Waals surface area contributed by atoms with Gasteiger partial charge in [-0.1, -0.05) is 43.3 Å². The minimum atomic E-state index is -4.99. The van der Waals surface area contributed by atoms with Gasteiger partial charge in [0, 0.05) is 6.42 Å². The van der Waals surface area contributed by atoms with E-state index in [0.717, 1.165) is 0 Å². The minimum Gasteiger partial charge on any atom is -0.374 e. The molecule has 0 saturated carbocycles. The van der Waals surface area contributed by atoms with Crippen LogP contribution >= 0.6 is 0 Å². The fourth-order valence-corrected chi connectivity index (χ4v) is 1.69. The molecule has 0 fully saturated rings. The zero-order valence-corrected chi connectivity index (χ0v) is 10.4. The van der Waals surface area contributed by atoms with Gasteiger partial charge in [0.25, 0.3) is 0 Å². The Morgan fingerprint density at radius 2 is 1.84 bits per heavy atom. The summed E-state index contributed by atoms with van der Waals surface area (Å²) < 4.78 is 38.1. The van der Waals surface area contributed by atoms with Crippen LogP contribution in [-0.2, 0) is 4.79 Å². The third kappa shape index (κ3) is 3.67. The van der Waals surface area contributed by atoms with Crippen molar-refractivity contribution >= 4 is 11.9 Å². The number of aldehydes is 1. The van der Waals surface area contributed by atoms with Crippen LogP contribution in [0.25, 0.3) is 5.57 Å². The lowest BCUT2D eigenvalue weighted by molar-refractivity contribution is -0.242. The molecule has 1 rings (SSSR count). The number of rotatable bonds is 5. The molecule has 0 amide bonds. The van der Waals surface area contributed by atoms with Crippen molar-refractivity contribution in [2.45, 2.75) is 31.5 Å². The maximum atomic E-state index is 12.7. The summed E-state index contributed by atoms with van der Waals surface area (Å²) in [6, 6.07) is 8.40. The van der Waals surface area contributed by atoms with Gasteiger partial charge >= 0.3 is 6.18 Å². The number of halogens is 3. The highest BCUT2D eigenvalue weighted by molar-refractivity contribution is 5.73. The summed E-state index contributed by atoms with van der Waals surface area (Å²) in [6.07, 6.45) is -4.12. The van der Waals surface area contributed by atoms with Crippen LogP contribution < -0.4 is 0 Å². The monoisotopic (exact) mass is 272 g/mol. The summed E-state index contributed by atoms with van der Waals surface area (Å²) in [4.78, 5) is 10.6. The van der Waals surface area contributed by atoms with Crippen LogP contribution in [0, 0.1) is 0 Å². The van der Waals surface area contributed by atoms with E-state index in [4.69, 9.17) is 0 Å². The third-order valence-corrected chi connectivity index (χ3v) is 2.74. The van der Waals surface area contributed by atoms with Gasteiger partial charge in [0.1, 0.15) is 0 Å². The van der Waals surface area contributed by atoms with E-state index < -0.39 is 24.5 Å². The fourth-order valence-electron chi connectivity index (χ4n) is 1.69. The predicted octanol–water partition coefficient (Wildman–Crippen LogP) is 3.36. The number of hydrogen-bond donors (Lipinski definition) is 1. The lowest BCUT2D eigenvalue weighted by Gasteiger charge is -2.26. The van der Waals surface area contributed by atoms with E-state index in [-0.39, 0.29) is 0 Å². The van der Waals surface area contributed by atoms with Crippen molar-refractivity contribution < 1.29 is 23.1 Å². The summed E-state index contributed by atoms with van der Waals surface area (Å²) in [6.45, 7) is 1.77. The quantitative estimate of drug-likeness (QED) is 0.834. The van der Waals surface area contributed by atoms with E-state index in [2.05, 4.69) is 0 Å². The maximum absolute atomic E-state index is 12.7. The molecule has 104 valence electrons. The molecule has 2 nitrogen and oxygen atoms in total. The van der Waals surface area contributed by atoms with Crippen molar-refractivity contribution in [3.63, 3.8) is 0 Å². The molecule has 1 aromatic rings. The highest BCUT2D eigenvalue weighted by Crippen LogP contribution is 2.36. The third-order valence-electron chi connectivity index (χ3n) is 2.74. The summed E-state index contributed by atoms with van der Waals surface area (Å²) in [5.74, 6) is 0. The summed E-state index contributed by atoms with van der Waals surface area (Å²) in [5, 5.41) is 9.48. The second-order valence-electron chi connectivity index (χ2n) is 4.22. The molecule has 0 saturated heterocycles. The minimum absolute atomic E-state index is 0.301. The molecule has 0 aromatic heterocycles. The van der Waals surface area contributed by atoms with Crippen molar-refractivity contribution in [2.75, 3.05) is 0 Å². The van der Waals surface area contributed by atoms with Crippen molar-refractivity contribution in [1.29, 1.82) is 0 Å². The van der Waals surface area contributed by atoms with Gasteiger partial charge in [-0.25, -0.2) is 0 Å². The molecule has 0 spiro atoms. The van der Waals surface area contributed by atoms with Gasteiger partial charge < -0.3 is 5.11 Å². The van der Waals surface area contributed by atoms with Gasteiger partial charge in [0.05, 0.1) is 0 Å². The molecule has 1 atom stereocenters. The zero-order valence-electron chi connectivity index (χ0n) is 10.4. The molecule has 1 aromatic carbocycles. The Morgan fingerprint density at radius 3 is 2.26 bits per heavy atom. The van der Waals surface area contributed by atoms with Gasteiger partial charge in [-0.05, 0) is 17.6 Å². The molecule has 0 heterocycles. The number of carbonyl (C=O) groups excluding carboxylic acids is 1. The Hall–Kier alpha value is -1.62. The van der Waals surface area contributed by atoms with Crippen molar-refractivity contribution in [2.24, 2.45) is 0 Å². The van der Waals surface area contributed by atoms with Crippen LogP contribution in [0.1, 0.15) is 25.3 Å². The second kappa shape index (κ2) is 6.02. The Kier molecular flexibility index (Phi) is 4.89.